The van der Waals surface area contributed by atoms with Crippen LogP contribution in [-0.4, -0.2) is 63.0 Å². The molecule has 0 bridgehead atoms. The van der Waals surface area contributed by atoms with Crippen LogP contribution >= 0.6 is 0 Å². The first-order valence-corrected chi connectivity index (χ1v) is 10.3. The van der Waals surface area contributed by atoms with Crippen molar-refractivity contribution in [3.63, 3.8) is 0 Å². The molecule has 1 amide bonds. The number of carbonyl (C=O) groups excluding carboxylic acids is 1. The van der Waals surface area contributed by atoms with E-state index in [2.05, 4.69) is 22.3 Å². The highest BCUT2D eigenvalue weighted by Gasteiger charge is 2.38. The largest absolute Gasteiger partial charge is 0.371 e. The molecule has 2 aliphatic heterocycles. The van der Waals surface area contributed by atoms with Crippen LogP contribution < -0.4 is 5.32 Å². The molecule has 0 saturated carbocycles. The molecule has 1 aromatic rings. The molecule has 7 heteroatoms. The lowest BCUT2D eigenvalue weighted by Crippen LogP contribution is -2.43. The molecule has 1 N–H and O–H groups in total. The number of hydrogen-bond donors (Lipinski definition) is 1. The van der Waals surface area contributed by atoms with Crippen LogP contribution in [0.2, 0.25) is 0 Å². The van der Waals surface area contributed by atoms with E-state index >= 15 is 0 Å². The van der Waals surface area contributed by atoms with Gasteiger partial charge in [0, 0.05) is 37.8 Å². The van der Waals surface area contributed by atoms with Crippen molar-refractivity contribution in [2.24, 2.45) is 0 Å². The van der Waals surface area contributed by atoms with E-state index in [1.54, 1.807) is 0 Å². The number of nitrogens with zero attached hydrogens (tertiary/aromatic N) is 1. The van der Waals surface area contributed by atoms with Gasteiger partial charge >= 0.3 is 0 Å². The number of ether oxygens (including phenoxy) is 1. The minimum absolute atomic E-state index is 0.0309. The average Bonchev–Trinajstić information content (AvgIpc) is 2.94. The Bertz CT molecular complexity index is 677. The summed E-state index contributed by atoms with van der Waals surface area (Å²) in [5, 5.41) is 2.96. The van der Waals surface area contributed by atoms with Crippen LogP contribution in [0.5, 0.6) is 0 Å². The maximum Gasteiger partial charge on any atom is 0.221 e. The van der Waals surface area contributed by atoms with Gasteiger partial charge in [-0.25, -0.2) is 8.42 Å². The summed E-state index contributed by atoms with van der Waals surface area (Å²) in [6, 6.07) is 10.6. The van der Waals surface area contributed by atoms with Gasteiger partial charge in [-0.2, -0.15) is 0 Å². The fourth-order valence-electron chi connectivity index (χ4n) is 3.43. The van der Waals surface area contributed by atoms with Crippen molar-refractivity contribution < 1.29 is 17.9 Å². The number of nitrogens with one attached hydrogen (secondary N) is 1. The van der Waals surface area contributed by atoms with Crippen LogP contribution in [0.4, 0.5) is 0 Å². The van der Waals surface area contributed by atoms with Crippen LogP contribution in [0, 0.1) is 0 Å². The molecule has 24 heavy (non-hydrogen) atoms. The average molecular weight is 352 g/mol. The summed E-state index contributed by atoms with van der Waals surface area (Å²) >= 11 is 0. The molecule has 0 spiro atoms. The summed E-state index contributed by atoms with van der Waals surface area (Å²) in [6.45, 7) is 2.28. The number of fused-ring (bicyclic) bond motifs is 1. The SMILES string of the molecule is CS(=O)(=O)CCC(=O)N[C@H]1C[C@H]2CO[C@@H](c3ccccc3)CN2C1. The molecule has 0 radical (unpaired) electrons. The molecular weight excluding hydrogens is 328 g/mol. The van der Waals surface area contributed by atoms with E-state index in [0.29, 0.717) is 12.6 Å². The van der Waals surface area contributed by atoms with Gasteiger partial charge in [0.05, 0.1) is 18.5 Å². The predicted molar refractivity (Wildman–Crippen MR) is 91.4 cm³/mol. The Morgan fingerprint density at radius 1 is 1.29 bits per heavy atom. The van der Waals surface area contributed by atoms with Crippen LogP contribution in [-0.2, 0) is 19.4 Å². The minimum Gasteiger partial charge on any atom is -0.371 e. The standard InChI is InChI=1S/C17H24N2O4S/c1-24(21,22)8-7-17(20)18-14-9-15-12-23-16(11-19(15)10-14)13-5-3-2-4-6-13/h2-6,14-16H,7-12H2,1H3,(H,18,20)/t14-,15-,16+/m0/s1. The maximum atomic E-state index is 11.9. The number of hydrogen-bond acceptors (Lipinski definition) is 5. The highest BCUT2D eigenvalue weighted by Crippen LogP contribution is 2.30. The lowest BCUT2D eigenvalue weighted by Gasteiger charge is -2.35. The first kappa shape index (κ1) is 17.4. The minimum atomic E-state index is -3.10. The molecule has 0 aliphatic carbocycles. The van der Waals surface area contributed by atoms with Gasteiger partial charge in [-0.15, -0.1) is 0 Å². The first-order valence-electron chi connectivity index (χ1n) is 8.28. The van der Waals surface area contributed by atoms with E-state index in [1.165, 1.54) is 5.56 Å². The van der Waals surface area contributed by atoms with E-state index in [9.17, 15) is 13.2 Å². The second kappa shape index (κ2) is 7.21. The number of rotatable bonds is 5. The quantitative estimate of drug-likeness (QED) is 0.846. The fraction of sp³-hybridized carbons (Fsp3) is 0.588. The Morgan fingerprint density at radius 2 is 2.04 bits per heavy atom. The molecule has 0 unspecified atom stereocenters. The van der Waals surface area contributed by atoms with Gasteiger partial charge in [0.2, 0.25) is 5.91 Å². The van der Waals surface area contributed by atoms with Gasteiger partial charge in [-0.1, -0.05) is 30.3 Å². The van der Waals surface area contributed by atoms with E-state index in [1.807, 2.05) is 18.2 Å². The van der Waals surface area contributed by atoms with Crippen LogP contribution in [0.1, 0.15) is 24.5 Å². The topological polar surface area (TPSA) is 75.7 Å². The van der Waals surface area contributed by atoms with Crippen molar-refractivity contribution in [1.29, 1.82) is 0 Å². The Hall–Kier alpha value is -1.44. The highest BCUT2D eigenvalue weighted by molar-refractivity contribution is 7.90. The van der Waals surface area contributed by atoms with Crippen molar-refractivity contribution in [3.05, 3.63) is 35.9 Å². The zero-order valence-corrected chi connectivity index (χ0v) is 14.7. The molecule has 6 nitrogen and oxygen atoms in total. The van der Waals surface area contributed by atoms with Crippen LogP contribution in [0.25, 0.3) is 0 Å². The maximum absolute atomic E-state index is 11.9. The third-order valence-electron chi connectivity index (χ3n) is 4.65. The van der Waals surface area contributed by atoms with Gasteiger partial charge in [0.1, 0.15) is 9.84 Å². The fourth-order valence-corrected chi connectivity index (χ4v) is 3.98. The Morgan fingerprint density at radius 3 is 2.75 bits per heavy atom. The van der Waals surface area contributed by atoms with Gasteiger partial charge in [-0.3, -0.25) is 9.69 Å². The molecule has 3 rings (SSSR count). The van der Waals surface area contributed by atoms with Crippen molar-refractivity contribution >= 4 is 15.7 Å². The Balaban J connectivity index is 1.51. The van der Waals surface area contributed by atoms with E-state index < -0.39 is 9.84 Å². The number of benzene rings is 1. The van der Waals surface area contributed by atoms with Crippen LogP contribution in [0.15, 0.2) is 30.3 Å². The number of carbonyl (C=O) groups is 1. The second-order valence-electron chi connectivity index (χ2n) is 6.72. The summed E-state index contributed by atoms with van der Waals surface area (Å²) in [4.78, 5) is 14.3. The molecule has 2 saturated heterocycles. The molecule has 3 atom stereocenters. The van der Waals surface area contributed by atoms with Crippen molar-refractivity contribution in [2.45, 2.75) is 31.0 Å². The van der Waals surface area contributed by atoms with Crippen molar-refractivity contribution in [2.75, 3.05) is 31.7 Å². The van der Waals surface area contributed by atoms with Crippen molar-refractivity contribution in [3.8, 4) is 0 Å². The Labute approximate surface area is 143 Å². The normalized spacial score (nSPS) is 27.6. The predicted octanol–water partition coefficient (Wildman–Crippen LogP) is 0.752. The van der Waals surface area contributed by atoms with Gasteiger partial charge < -0.3 is 10.1 Å². The van der Waals surface area contributed by atoms with Gasteiger partial charge in [0.15, 0.2) is 0 Å². The summed E-state index contributed by atoms with van der Waals surface area (Å²) in [7, 11) is -3.10. The zero-order valence-electron chi connectivity index (χ0n) is 13.8. The molecule has 2 heterocycles. The second-order valence-corrected chi connectivity index (χ2v) is 8.98. The zero-order chi connectivity index (χ0) is 17.2. The molecule has 2 fully saturated rings. The summed E-state index contributed by atoms with van der Waals surface area (Å²) in [5.74, 6) is -0.288. The van der Waals surface area contributed by atoms with Gasteiger partial charge in [0.25, 0.3) is 0 Å². The molecular formula is C17H24N2O4S. The molecule has 2 aliphatic rings. The van der Waals surface area contributed by atoms with Crippen LogP contribution in [0.3, 0.4) is 0 Å². The highest BCUT2D eigenvalue weighted by atomic mass is 32.2. The molecule has 1 aromatic carbocycles. The third-order valence-corrected chi connectivity index (χ3v) is 5.60. The lowest BCUT2D eigenvalue weighted by atomic mass is 10.1. The smallest absolute Gasteiger partial charge is 0.221 e. The molecule has 0 aromatic heterocycles. The summed E-state index contributed by atoms with van der Waals surface area (Å²) in [6.07, 6.45) is 2.11. The van der Waals surface area contributed by atoms with E-state index in [-0.39, 0.29) is 30.2 Å². The first-order chi connectivity index (χ1) is 11.4. The molecule has 132 valence electrons. The van der Waals surface area contributed by atoms with Gasteiger partial charge in [-0.05, 0) is 12.0 Å². The number of morpholine rings is 1. The summed E-state index contributed by atoms with van der Waals surface area (Å²) in [5.41, 5.74) is 1.18. The third kappa shape index (κ3) is 4.55. The van der Waals surface area contributed by atoms with E-state index in [0.717, 1.165) is 25.8 Å². The summed E-state index contributed by atoms with van der Waals surface area (Å²) < 4.78 is 28.3. The lowest BCUT2D eigenvalue weighted by molar-refractivity contribution is -0.121. The number of amides is 1. The monoisotopic (exact) mass is 352 g/mol. The van der Waals surface area contributed by atoms with E-state index in [4.69, 9.17) is 4.74 Å². The van der Waals surface area contributed by atoms with Crippen molar-refractivity contribution in [1.82, 2.24) is 10.2 Å². The number of sulfone groups is 1. The Kier molecular flexibility index (Phi) is 5.22.